The monoisotopic (exact) mass is 142 g/mol. The molecule has 1 N–H and O–H groups in total. The summed E-state index contributed by atoms with van der Waals surface area (Å²) in [5, 5.41) is 8.55. The van der Waals surface area contributed by atoms with Crippen LogP contribution in [0.25, 0.3) is 0 Å². The van der Waals surface area contributed by atoms with Gasteiger partial charge in [0.2, 0.25) is 0 Å². The van der Waals surface area contributed by atoms with Crippen LogP contribution in [0.3, 0.4) is 0 Å². The average Bonchev–Trinajstić information content (AvgIpc) is 2.41. The van der Waals surface area contributed by atoms with Gasteiger partial charge in [-0.15, -0.1) is 0 Å². The molecule has 2 fully saturated rings. The predicted molar refractivity (Wildman–Crippen MR) is 33.7 cm³/mol. The number of carboxylic acids is 1. The molecule has 1 aliphatic carbocycles. The summed E-state index contributed by atoms with van der Waals surface area (Å²) in [4.78, 5) is 10.4. The summed E-state index contributed by atoms with van der Waals surface area (Å²) in [7, 11) is 0. The summed E-state index contributed by atoms with van der Waals surface area (Å²) < 4.78 is 5.32. The SMILES string of the molecule is O=C(O)[C@@H]1CCC2(CC2)O1. The minimum atomic E-state index is -0.802. The lowest BCUT2D eigenvalue weighted by atomic mass is 10.2. The number of aliphatic carboxylic acids is 1. The van der Waals surface area contributed by atoms with Crippen LogP contribution in [-0.2, 0) is 9.53 Å². The summed E-state index contributed by atoms with van der Waals surface area (Å²) in [6.07, 6.45) is 3.27. The van der Waals surface area contributed by atoms with E-state index in [2.05, 4.69) is 0 Å². The van der Waals surface area contributed by atoms with E-state index in [9.17, 15) is 4.79 Å². The quantitative estimate of drug-likeness (QED) is 0.588. The summed E-state index contributed by atoms with van der Waals surface area (Å²) in [5.41, 5.74) is 0.0169. The second kappa shape index (κ2) is 1.72. The summed E-state index contributed by atoms with van der Waals surface area (Å²) in [6.45, 7) is 0. The van der Waals surface area contributed by atoms with Crippen LogP contribution in [0.1, 0.15) is 25.7 Å². The van der Waals surface area contributed by atoms with Crippen molar-refractivity contribution in [3.8, 4) is 0 Å². The van der Waals surface area contributed by atoms with E-state index in [1.807, 2.05) is 0 Å². The standard InChI is InChI=1S/C7H10O3/c8-6(9)5-1-2-7(10-5)3-4-7/h5H,1-4H2,(H,8,9)/t5-/m0/s1. The average molecular weight is 142 g/mol. The molecule has 0 aromatic carbocycles. The molecule has 3 nitrogen and oxygen atoms in total. The first-order valence-corrected chi connectivity index (χ1v) is 3.63. The van der Waals surface area contributed by atoms with Gasteiger partial charge in [0.05, 0.1) is 5.60 Å². The molecular weight excluding hydrogens is 132 g/mol. The smallest absolute Gasteiger partial charge is 0.332 e. The third-order valence-corrected chi connectivity index (χ3v) is 2.34. The van der Waals surface area contributed by atoms with Crippen molar-refractivity contribution in [2.24, 2.45) is 0 Å². The van der Waals surface area contributed by atoms with Crippen molar-refractivity contribution in [2.75, 3.05) is 0 Å². The largest absolute Gasteiger partial charge is 0.479 e. The molecule has 0 unspecified atom stereocenters. The van der Waals surface area contributed by atoms with Gasteiger partial charge in [0.15, 0.2) is 6.10 Å². The third kappa shape index (κ3) is 0.814. The molecule has 1 aliphatic heterocycles. The molecule has 1 saturated heterocycles. The van der Waals surface area contributed by atoms with Crippen LogP contribution in [0.15, 0.2) is 0 Å². The fourth-order valence-corrected chi connectivity index (χ4v) is 1.49. The molecule has 10 heavy (non-hydrogen) atoms. The molecule has 1 heterocycles. The van der Waals surface area contributed by atoms with E-state index < -0.39 is 12.1 Å². The van der Waals surface area contributed by atoms with E-state index in [4.69, 9.17) is 9.84 Å². The Morgan fingerprint density at radius 2 is 2.20 bits per heavy atom. The van der Waals surface area contributed by atoms with Crippen LogP contribution in [0.2, 0.25) is 0 Å². The van der Waals surface area contributed by atoms with Crippen molar-refractivity contribution in [1.29, 1.82) is 0 Å². The second-order valence-electron chi connectivity index (χ2n) is 3.17. The zero-order valence-corrected chi connectivity index (χ0v) is 5.67. The fraction of sp³-hybridized carbons (Fsp3) is 0.857. The molecule has 1 saturated carbocycles. The number of ether oxygens (including phenoxy) is 1. The Bertz CT molecular complexity index is 172. The zero-order chi connectivity index (χ0) is 7.19. The van der Waals surface area contributed by atoms with E-state index in [1.165, 1.54) is 0 Å². The number of carboxylic acid groups (broad SMARTS) is 1. The Morgan fingerprint density at radius 1 is 1.50 bits per heavy atom. The van der Waals surface area contributed by atoms with E-state index >= 15 is 0 Å². The van der Waals surface area contributed by atoms with Crippen LogP contribution in [0.4, 0.5) is 0 Å². The molecule has 56 valence electrons. The number of carbonyl (C=O) groups is 1. The molecular formula is C7H10O3. The maximum Gasteiger partial charge on any atom is 0.332 e. The predicted octanol–water partition coefficient (Wildman–Crippen LogP) is 0.783. The van der Waals surface area contributed by atoms with E-state index in [1.54, 1.807) is 0 Å². The van der Waals surface area contributed by atoms with Crippen molar-refractivity contribution in [2.45, 2.75) is 37.4 Å². The van der Waals surface area contributed by atoms with Gasteiger partial charge >= 0.3 is 5.97 Å². The van der Waals surface area contributed by atoms with Crippen LogP contribution in [-0.4, -0.2) is 22.8 Å². The molecule has 0 radical (unpaired) electrons. The molecule has 2 rings (SSSR count). The normalized spacial score (nSPS) is 34.6. The molecule has 3 heteroatoms. The highest BCUT2D eigenvalue weighted by Crippen LogP contribution is 2.49. The summed E-state index contributed by atoms with van der Waals surface area (Å²) >= 11 is 0. The Kier molecular flexibility index (Phi) is 1.06. The van der Waals surface area contributed by atoms with E-state index in [0.717, 1.165) is 19.3 Å². The molecule has 0 bridgehead atoms. The fourth-order valence-electron chi connectivity index (χ4n) is 1.49. The van der Waals surface area contributed by atoms with Crippen molar-refractivity contribution in [1.82, 2.24) is 0 Å². The summed E-state index contributed by atoms with van der Waals surface area (Å²) in [6, 6.07) is 0. The van der Waals surface area contributed by atoms with Gasteiger partial charge in [-0.3, -0.25) is 0 Å². The number of hydrogen-bond donors (Lipinski definition) is 1. The van der Waals surface area contributed by atoms with Crippen LogP contribution >= 0.6 is 0 Å². The lowest BCUT2D eigenvalue weighted by Crippen LogP contribution is -2.20. The van der Waals surface area contributed by atoms with Crippen molar-refractivity contribution >= 4 is 5.97 Å². The van der Waals surface area contributed by atoms with Gasteiger partial charge < -0.3 is 9.84 Å². The highest BCUT2D eigenvalue weighted by molar-refractivity contribution is 5.72. The number of rotatable bonds is 1. The van der Waals surface area contributed by atoms with Gasteiger partial charge in [0, 0.05) is 0 Å². The lowest BCUT2D eigenvalue weighted by molar-refractivity contribution is -0.150. The van der Waals surface area contributed by atoms with E-state index in [-0.39, 0.29) is 5.60 Å². The molecule has 0 aromatic heterocycles. The lowest BCUT2D eigenvalue weighted by Gasteiger charge is -2.06. The van der Waals surface area contributed by atoms with Crippen molar-refractivity contribution in [3.63, 3.8) is 0 Å². The zero-order valence-electron chi connectivity index (χ0n) is 5.67. The maximum atomic E-state index is 10.4. The molecule has 0 aromatic rings. The molecule has 0 amide bonds. The van der Waals surface area contributed by atoms with Gasteiger partial charge in [0.1, 0.15) is 0 Å². The first-order chi connectivity index (χ1) is 4.72. The van der Waals surface area contributed by atoms with Gasteiger partial charge in [0.25, 0.3) is 0 Å². The topological polar surface area (TPSA) is 46.5 Å². The van der Waals surface area contributed by atoms with Crippen molar-refractivity contribution < 1.29 is 14.6 Å². The third-order valence-electron chi connectivity index (χ3n) is 2.34. The Balaban J connectivity index is 1.99. The highest BCUT2D eigenvalue weighted by atomic mass is 16.5. The second-order valence-corrected chi connectivity index (χ2v) is 3.17. The van der Waals surface area contributed by atoms with Gasteiger partial charge in [-0.05, 0) is 25.7 Å². The Hall–Kier alpha value is -0.570. The Morgan fingerprint density at radius 3 is 2.50 bits per heavy atom. The van der Waals surface area contributed by atoms with Gasteiger partial charge in [-0.25, -0.2) is 4.79 Å². The minimum absolute atomic E-state index is 0.0169. The van der Waals surface area contributed by atoms with Crippen LogP contribution in [0, 0.1) is 0 Å². The molecule has 1 atom stereocenters. The van der Waals surface area contributed by atoms with Crippen LogP contribution < -0.4 is 0 Å². The molecule has 1 spiro atoms. The van der Waals surface area contributed by atoms with Crippen molar-refractivity contribution in [3.05, 3.63) is 0 Å². The van der Waals surface area contributed by atoms with Gasteiger partial charge in [-0.1, -0.05) is 0 Å². The van der Waals surface area contributed by atoms with Crippen LogP contribution in [0.5, 0.6) is 0 Å². The first kappa shape index (κ1) is 6.16. The first-order valence-electron chi connectivity index (χ1n) is 3.63. The minimum Gasteiger partial charge on any atom is -0.479 e. The number of hydrogen-bond acceptors (Lipinski definition) is 2. The van der Waals surface area contributed by atoms with Gasteiger partial charge in [-0.2, -0.15) is 0 Å². The van der Waals surface area contributed by atoms with E-state index in [0.29, 0.717) is 6.42 Å². The highest BCUT2D eigenvalue weighted by Gasteiger charge is 2.51. The summed E-state index contributed by atoms with van der Waals surface area (Å²) in [5.74, 6) is -0.802. The molecule has 2 aliphatic rings. The maximum absolute atomic E-state index is 10.4. The Labute approximate surface area is 59.0 Å².